The SMILES string of the molecule is CCCc1ccc(C(=O)NCc2nccnc2-c2ccco2)cc1. The second kappa shape index (κ2) is 7.55. The van der Waals surface area contributed by atoms with Crippen LogP contribution in [0.5, 0.6) is 0 Å². The van der Waals surface area contributed by atoms with Gasteiger partial charge in [-0.2, -0.15) is 0 Å². The maximum Gasteiger partial charge on any atom is 0.251 e. The number of benzene rings is 1. The highest BCUT2D eigenvalue weighted by atomic mass is 16.3. The first-order chi connectivity index (χ1) is 11.8. The van der Waals surface area contributed by atoms with E-state index in [4.69, 9.17) is 4.42 Å². The molecule has 0 unspecified atom stereocenters. The standard InChI is InChI=1S/C19H19N3O2/c1-2-4-14-6-8-15(9-7-14)19(23)22-13-16-18(21-11-10-20-16)17-5-3-12-24-17/h3,5-12H,2,4,13H2,1H3,(H,22,23). The fraction of sp³-hybridized carbons (Fsp3) is 0.211. The summed E-state index contributed by atoms with van der Waals surface area (Å²) in [6, 6.07) is 11.3. The smallest absolute Gasteiger partial charge is 0.251 e. The molecule has 0 bridgehead atoms. The fourth-order valence-corrected chi connectivity index (χ4v) is 2.49. The number of carbonyl (C=O) groups excluding carboxylic acids is 1. The molecule has 24 heavy (non-hydrogen) atoms. The Balaban J connectivity index is 1.69. The maximum atomic E-state index is 12.3. The number of aryl methyl sites for hydroxylation is 1. The first kappa shape index (κ1) is 15.9. The van der Waals surface area contributed by atoms with Gasteiger partial charge in [-0.15, -0.1) is 0 Å². The number of nitrogens with zero attached hydrogens (tertiary/aromatic N) is 2. The largest absolute Gasteiger partial charge is 0.463 e. The van der Waals surface area contributed by atoms with Crippen molar-refractivity contribution in [2.45, 2.75) is 26.3 Å². The van der Waals surface area contributed by atoms with Crippen LogP contribution in [0, 0.1) is 0 Å². The molecule has 2 aromatic heterocycles. The molecule has 3 rings (SSSR count). The number of aromatic nitrogens is 2. The molecule has 0 fully saturated rings. The average Bonchev–Trinajstić information content (AvgIpc) is 3.15. The number of hydrogen-bond donors (Lipinski definition) is 1. The normalized spacial score (nSPS) is 10.5. The molecule has 0 aliphatic carbocycles. The van der Waals surface area contributed by atoms with Crippen molar-refractivity contribution in [1.82, 2.24) is 15.3 Å². The van der Waals surface area contributed by atoms with E-state index in [1.807, 2.05) is 30.3 Å². The van der Waals surface area contributed by atoms with Gasteiger partial charge in [0.1, 0.15) is 5.69 Å². The summed E-state index contributed by atoms with van der Waals surface area (Å²) in [5.41, 5.74) is 3.19. The van der Waals surface area contributed by atoms with Gasteiger partial charge in [-0.25, -0.2) is 4.98 Å². The topological polar surface area (TPSA) is 68.0 Å². The molecule has 1 amide bonds. The Morgan fingerprint density at radius 1 is 1.12 bits per heavy atom. The summed E-state index contributed by atoms with van der Waals surface area (Å²) in [6.07, 6.45) is 6.91. The Hall–Kier alpha value is -2.95. The summed E-state index contributed by atoms with van der Waals surface area (Å²) in [5, 5.41) is 2.89. The minimum atomic E-state index is -0.130. The van der Waals surface area contributed by atoms with Gasteiger partial charge in [0.2, 0.25) is 0 Å². The summed E-state index contributed by atoms with van der Waals surface area (Å²) in [5.74, 6) is 0.505. The van der Waals surface area contributed by atoms with E-state index < -0.39 is 0 Å². The highest BCUT2D eigenvalue weighted by molar-refractivity contribution is 5.94. The zero-order chi connectivity index (χ0) is 16.8. The molecule has 0 saturated carbocycles. The van der Waals surface area contributed by atoms with Gasteiger partial charge in [0.25, 0.3) is 5.91 Å². The number of hydrogen-bond acceptors (Lipinski definition) is 4. The molecule has 1 N–H and O–H groups in total. The molecule has 3 aromatic rings. The zero-order valence-corrected chi connectivity index (χ0v) is 13.5. The number of amides is 1. The molecule has 5 nitrogen and oxygen atoms in total. The average molecular weight is 321 g/mol. The first-order valence-electron chi connectivity index (χ1n) is 7.99. The van der Waals surface area contributed by atoms with Crippen LogP contribution in [0.15, 0.2) is 59.5 Å². The molecule has 1 aromatic carbocycles. The zero-order valence-electron chi connectivity index (χ0n) is 13.5. The lowest BCUT2D eigenvalue weighted by atomic mass is 10.1. The number of furan rings is 1. The van der Waals surface area contributed by atoms with Crippen molar-refractivity contribution in [3.63, 3.8) is 0 Å². The van der Waals surface area contributed by atoms with Gasteiger partial charge >= 0.3 is 0 Å². The lowest BCUT2D eigenvalue weighted by molar-refractivity contribution is 0.0950. The summed E-state index contributed by atoms with van der Waals surface area (Å²) in [4.78, 5) is 20.9. The quantitative estimate of drug-likeness (QED) is 0.753. The Morgan fingerprint density at radius 2 is 1.92 bits per heavy atom. The third-order valence-electron chi connectivity index (χ3n) is 3.70. The van der Waals surface area contributed by atoms with Gasteiger partial charge in [0, 0.05) is 18.0 Å². The van der Waals surface area contributed by atoms with Gasteiger partial charge in [-0.1, -0.05) is 25.5 Å². The van der Waals surface area contributed by atoms with Gasteiger partial charge in [0.15, 0.2) is 5.76 Å². The molecule has 5 heteroatoms. The van der Waals surface area contributed by atoms with Crippen molar-refractivity contribution in [1.29, 1.82) is 0 Å². The van der Waals surface area contributed by atoms with E-state index in [9.17, 15) is 4.79 Å². The molecule has 122 valence electrons. The lowest BCUT2D eigenvalue weighted by Crippen LogP contribution is -2.23. The molecule has 0 aliphatic heterocycles. The second-order valence-electron chi connectivity index (χ2n) is 5.46. The van der Waals surface area contributed by atoms with E-state index >= 15 is 0 Å². The van der Waals surface area contributed by atoms with Crippen molar-refractivity contribution in [3.05, 3.63) is 71.9 Å². The third kappa shape index (κ3) is 3.68. The highest BCUT2D eigenvalue weighted by Crippen LogP contribution is 2.19. The highest BCUT2D eigenvalue weighted by Gasteiger charge is 2.12. The van der Waals surface area contributed by atoms with Gasteiger partial charge in [-0.3, -0.25) is 9.78 Å². The maximum absolute atomic E-state index is 12.3. The van der Waals surface area contributed by atoms with Crippen molar-refractivity contribution < 1.29 is 9.21 Å². The minimum absolute atomic E-state index is 0.130. The Morgan fingerprint density at radius 3 is 2.62 bits per heavy atom. The van der Waals surface area contributed by atoms with E-state index in [0.29, 0.717) is 29.3 Å². The molecule has 0 aliphatic rings. The lowest BCUT2D eigenvalue weighted by Gasteiger charge is -2.08. The number of carbonyl (C=O) groups is 1. The Labute approximate surface area is 140 Å². The molecular formula is C19H19N3O2. The molecular weight excluding hydrogens is 302 g/mol. The third-order valence-corrected chi connectivity index (χ3v) is 3.70. The predicted molar refractivity (Wildman–Crippen MR) is 91.3 cm³/mol. The predicted octanol–water partition coefficient (Wildman–Crippen LogP) is 3.62. The Bertz CT molecular complexity index is 796. The first-order valence-corrected chi connectivity index (χ1v) is 7.99. The summed E-state index contributed by atoms with van der Waals surface area (Å²) >= 11 is 0. The van der Waals surface area contributed by atoms with Crippen LogP contribution in [0.4, 0.5) is 0 Å². The van der Waals surface area contributed by atoms with Crippen LogP contribution in [0.3, 0.4) is 0 Å². The monoisotopic (exact) mass is 321 g/mol. The van der Waals surface area contributed by atoms with Gasteiger partial charge < -0.3 is 9.73 Å². The molecule has 0 atom stereocenters. The van der Waals surface area contributed by atoms with E-state index in [-0.39, 0.29) is 5.91 Å². The summed E-state index contributed by atoms with van der Waals surface area (Å²) in [6.45, 7) is 2.43. The van der Waals surface area contributed by atoms with Crippen LogP contribution in [-0.2, 0) is 13.0 Å². The van der Waals surface area contributed by atoms with Gasteiger partial charge in [-0.05, 0) is 36.2 Å². The van der Waals surface area contributed by atoms with Crippen LogP contribution in [0.25, 0.3) is 11.5 Å². The number of nitrogens with one attached hydrogen (secondary N) is 1. The van der Waals surface area contributed by atoms with E-state index in [1.165, 1.54) is 5.56 Å². The minimum Gasteiger partial charge on any atom is -0.463 e. The van der Waals surface area contributed by atoms with Crippen molar-refractivity contribution >= 4 is 5.91 Å². The van der Waals surface area contributed by atoms with Gasteiger partial charge in [0.05, 0.1) is 18.5 Å². The summed E-state index contributed by atoms with van der Waals surface area (Å²) < 4.78 is 5.37. The fourth-order valence-electron chi connectivity index (χ4n) is 2.49. The van der Waals surface area contributed by atoms with Crippen LogP contribution in [0.2, 0.25) is 0 Å². The molecule has 0 spiro atoms. The van der Waals surface area contributed by atoms with Crippen LogP contribution >= 0.6 is 0 Å². The molecule has 2 heterocycles. The van der Waals surface area contributed by atoms with E-state index in [2.05, 4.69) is 22.2 Å². The van der Waals surface area contributed by atoms with E-state index in [1.54, 1.807) is 24.7 Å². The number of rotatable bonds is 6. The van der Waals surface area contributed by atoms with Crippen molar-refractivity contribution in [2.75, 3.05) is 0 Å². The van der Waals surface area contributed by atoms with Crippen LogP contribution < -0.4 is 5.32 Å². The van der Waals surface area contributed by atoms with Crippen molar-refractivity contribution in [2.24, 2.45) is 0 Å². The van der Waals surface area contributed by atoms with Crippen LogP contribution in [-0.4, -0.2) is 15.9 Å². The summed E-state index contributed by atoms with van der Waals surface area (Å²) in [7, 11) is 0. The second-order valence-corrected chi connectivity index (χ2v) is 5.46. The molecule has 0 radical (unpaired) electrons. The van der Waals surface area contributed by atoms with E-state index in [0.717, 1.165) is 12.8 Å². The van der Waals surface area contributed by atoms with Crippen molar-refractivity contribution in [3.8, 4) is 11.5 Å². The van der Waals surface area contributed by atoms with Crippen LogP contribution in [0.1, 0.15) is 35.0 Å². The molecule has 0 saturated heterocycles. The Kier molecular flexibility index (Phi) is 5.01.